The number of nitrogens with one attached hydrogen (secondary N) is 1. The predicted molar refractivity (Wildman–Crippen MR) is 73.3 cm³/mol. The zero-order valence-corrected chi connectivity index (χ0v) is 11.7. The maximum absolute atomic E-state index is 11.1. The third-order valence-corrected chi connectivity index (χ3v) is 3.03. The van der Waals surface area contributed by atoms with Gasteiger partial charge in [-0.25, -0.2) is 9.78 Å². The van der Waals surface area contributed by atoms with Crippen molar-refractivity contribution >= 4 is 23.4 Å². The van der Waals surface area contributed by atoms with Crippen LogP contribution in [0.2, 0.25) is 5.02 Å². The number of hydrogen-bond donors (Lipinski definition) is 2. The minimum atomic E-state index is -0.937. The number of aliphatic carboxylic acids is 1. The Morgan fingerprint density at radius 1 is 1.68 bits per heavy atom. The first-order chi connectivity index (χ1) is 8.99. The number of unbranched alkanes of at least 4 members (excludes halogenated alkanes) is 1. The summed E-state index contributed by atoms with van der Waals surface area (Å²) >= 11 is 5.99. The monoisotopic (exact) mass is 281 g/mol. The molecule has 0 aromatic carbocycles. The largest absolute Gasteiger partial charge is 0.480 e. The van der Waals surface area contributed by atoms with Crippen molar-refractivity contribution in [2.75, 3.05) is 5.32 Å². The average molecular weight is 282 g/mol. The summed E-state index contributed by atoms with van der Waals surface area (Å²) in [5.74, 6) is -0.630. The summed E-state index contributed by atoms with van der Waals surface area (Å²) in [4.78, 5) is 15.3. The van der Waals surface area contributed by atoms with Crippen LogP contribution in [0.15, 0.2) is 6.07 Å². The molecule has 0 aliphatic carbocycles. The fourth-order valence-corrected chi connectivity index (χ4v) is 1.83. The van der Waals surface area contributed by atoms with Gasteiger partial charge in [-0.2, -0.15) is 5.26 Å². The van der Waals surface area contributed by atoms with Crippen LogP contribution in [0.3, 0.4) is 0 Å². The molecule has 0 radical (unpaired) electrons. The lowest BCUT2D eigenvalue weighted by molar-refractivity contribution is -0.138. The van der Waals surface area contributed by atoms with Crippen LogP contribution in [-0.4, -0.2) is 22.1 Å². The van der Waals surface area contributed by atoms with Gasteiger partial charge in [0.1, 0.15) is 17.9 Å². The third kappa shape index (κ3) is 4.11. The van der Waals surface area contributed by atoms with Gasteiger partial charge in [-0.3, -0.25) is 0 Å². The molecule has 6 heteroatoms. The second kappa shape index (κ2) is 6.95. The quantitative estimate of drug-likeness (QED) is 0.837. The number of carboxylic acid groups (broad SMARTS) is 1. The van der Waals surface area contributed by atoms with Gasteiger partial charge >= 0.3 is 5.97 Å². The molecular formula is C13H16ClN3O2. The smallest absolute Gasteiger partial charge is 0.326 e. The number of rotatable bonds is 6. The van der Waals surface area contributed by atoms with E-state index in [-0.39, 0.29) is 5.02 Å². The van der Waals surface area contributed by atoms with Crippen LogP contribution in [0.5, 0.6) is 0 Å². The van der Waals surface area contributed by atoms with E-state index in [0.29, 0.717) is 23.5 Å². The average Bonchev–Trinajstić information content (AvgIpc) is 2.37. The minimum Gasteiger partial charge on any atom is -0.480 e. The second-order valence-electron chi connectivity index (χ2n) is 4.24. The topological polar surface area (TPSA) is 86.0 Å². The summed E-state index contributed by atoms with van der Waals surface area (Å²) < 4.78 is 0. The fraction of sp³-hybridized carbons (Fsp3) is 0.462. The van der Waals surface area contributed by atoms with E-state index < -0.39 is 12.0 Å². The van der Waals surface area contributed by atoms with Crippen molar-refractivity contribution < 1.29 is 9.90 Å². The van der Waals surface area contributed by atoms with E-state index in [1.165, 1.54) is 6.07 Å². The molecular weight excluding hydrogens is 266 g/mol. The molecule has 1 aromatic heterocycles. The van der Waals surface area contributed by atoms with Gasteiger partial charge in [0.15, 0.2) is 0 Å². The Hall–Kier alpha value is -1.80. The number of anilines is 1. The van der Waals surface area contributed by atoms with Crippen molar-refractivity contribution in [1.82, 2.24) is 4.98 Å². The summed E-state index contributed by atoms with van der Waals surface area (Å²) in [6.07, 6.45) is 2.22. The van der Waals surface area contributed by atoms with Gasteiger partial charge in [0.05, 0.1) is 16.3 Å². The molecule has 19 heavy (non-hydrogen) atoms. The lowest BCUT2D eigenvalue weighted by Crippen LogP contribution is -2.29. The third-order valence-electron chi connectivity index (χ3n) is 2.74. The summed E-state index contributed by atoms with van der Waals surface area (Å²) in [6, 6.07) is 2.75. The second-order valence-corrected chi connectivity index (χ2v) is 4.65. The lowest BCUT2D eigenvalue weighted by atomic mass is 10.1. The van der Waals surface area contributed by atoms with E-state index in [0.717, 1.165) is 12.8 Å². The first-order valence-electron chi connectivity index (χ1n) is 6.06. The molecule has 0 spiro atoms. The van der Waals surface area contributed by atoms with E-state index in [4.69, 9.17) is 22.0 Å². The summed E-state index contributed by atoms with van der Waals surface area (Å²) in [5.41, 5.74) is 0.907. The Morgan fingerprint density at radius 3 is 2.89 bits per heavy atom. The highest BCUT2D eigenvalue weighted by atomic mass is 35.5. The van der Waals surface area contributed by atoms with Crippen LogP contribution < -0.4 is 5.32 Å². The van der Waals surface area contributed by atoms with Crippen molar-refractivity contribution in [3.8, 4) is 6.07 Å². The van der Waals surface area contributed by atoms with Crippen LogP contribution in [0.4, 0.5) is 5.82 Å². The first-order valence-corrected chi connectivity index (χ1v) is 6.44. The van der Waals surface area contributed by atoms with E-state index in [1.54, 1.807) is 6.92 Å². The highest BCUT2D eigenvalue weighted by Crippen LogP contribution is 2.23. The molecule has 0 aliphatic rings. The molecule has 0 saturated heterocycles. The minimum absolute atomic E-state index is 0.255. The van der Waals surface area contributed by atoms with Gasteiger partial charge < -0.3 is 10.4 Å². The number of hydrogen-bond acceptors (Lipinski definition) is 4. The molecule has 5 nitrogen and oxygen atoms in total. The van der Waals surface area contributed by atoms with E-state index in [9.17, 15) is 4.79 Å². The highest BCUT2D eigenvalue weighted by Gasteiger charge is 2.19. The summed E-state index contributed by atoms with van der Waals surface area (Å²) in [6.45, 7) is 3.68. The lowest BCUT2D eigenvalue weighted by Gasteiger charge is -2.16. The molecule has 1 aromatic rings. The Bertz CT molecular complexity index is 511. The number of carboxylic acids is 1. The molecule has 0 amide bonds. The Kier molecular flexibility index (Phi) is 5.58. The van der Waals surface area contributed by atoms with E-state index in [1.807, 2.05) is 13.0 Å². The number of halogens is 1. The summed E-state index contributed by atoms with van der Waals surface area (Å²) in [7, 11) is 0. The molecule has 0 fully saturated rings. The zero-order valence-electron chi connectivity index (χ0n) is 10.9. The van der Waals surface area contributed by atoms with Crippen molar-refractivity contribution in [2.45, 2.75) is 39.2 Å². The molecule has 2 N–H and O–H groups in total. The van der Waals surface area contributed by atoms with Gasteiger partial charge in [-0.15, -0.1) is 0 Å². The zero-order chi connectivity index (χ0) is 14.4. The normalized spacial score (nSPS) is 11.7. The number of aryl methyl sites for hydroxylation is 1. The van der Waals surface area contributed by atoms with Gasteiger partial charge in [-0.1, -0.05) is 31.4 Å². The maximum Gasteiger partial charge on any atom is 0.326 e. The van der Waals surface area contributed by atoms with Gasteiger partial charge in [0.25, 0.3) is 0 Å². The Balaban J connectivity index is 2.94. The van der Waals surface area contributed by atoms with E-state index in [2.05, 4.69) is 10.3 Å². The number of nitrogens with zero attached hydrogens (tertiary/aromatic N) is 2. The number of aromatic nitrogens is 1. The SMILES string of the molecule is CCCC[C@H](Nc1nc(C)c(C#N)cc1Cl)C(=O)O. The van der Waals surface area contributed by atoms with Crippen molar-refractivity contribution in [1.29, 1.82) is 5.26 Å². The first kappa shape index (κ1) is 15.3. The molecule has 0 aliphatic heterocycles. The van der Waals surface area contributed by atoms with Crippen LogP contribution in [0, 0.1) is 18.3 Å². The van der Waals surface area contributed by atoms with Crippen LogP contribution in [0.1, 0.15) is 37.4 Å². The Labute approximate surface area is 117 Å². The number of nitriles is 1. The molecule has 1 atom stereocenters. The maximum atomic E-state index is 11.1. The van der Waals surface area contributed by atoms with E-state index >= 15 is 0 Å². The fourth-order valence-electron chi connectivity index (χ4n) is 1.63. The number of carbonyl (C=O) groups is 1. The van der Waals surface area contributed by atoms with Gasteiger partial charge in [-0.05, 0) is 19.4 Å². The molecule has 0 bridgehead atoms. The van der Waals surface area contributed by atoms with Crippen molar-refractivity contribution in [2.24, 2.45) is 0 Å². The standard InChI is InChI=1S/C13H16ClN3O2/c1-3-4-5-11(13(18)19)17-12-10(14)6-9(7-15)8(2)16-12/h6,11H,3-5H2,1-2H3,(H,16,17)(H,18,19)/t11-/m0/s1. The summed E-state index contributed by atoms with van der Waals surface area (Å²) in [5, 5.41) is 21.1. The van der Waals surface area contributed by atoms with Crippen LogP contribution in [0.25, 0.3) is 0 Å². The van der Waals surface area contributed by atoms with Crippen LogP contribution >= 0.6 is 11.6 Å². The molecule has 0 saturated carbocycles. The van der Waals surface area contributed by atoms with Crippen LogP contribution in [-0.2, 0) is 4.79 Å². The molecule has 1 heterocycles. The predicted octanol–water partition coefficient (Wildman–Crippen LogP) is 2.97. The van der Waals surface area contributed by atoms with Gasteiger partial charge in [0.2, 0.25) is 0 Å². The van der Waals surface area contributed by atoms with Crippen molar-refractivity contribution in [3.63, 3.8) is 0 Å². The molecule has 1 rings (SSSR count). The molecule has 102 valence electrons. The number of pyridine rings is 1. The molecule has 0 unspecified atom stereocenters. The van der Waals surface area contributed by atoms with Gasteiger partial charge in [0, 0.05) is 0 Å². The Morgan fingerprint density at radius 2 is 2.37 bits per heavy atom. The highest BCUT2D eigenvalue weighted by molar-refractivity contribution is 6.33. The van der Waals surface area contributed by atoms with Crippen molar-refractivity contribution in [3.05, 3.63) is 22.3 Å².